The van der Waals surface area contributed by atoms with Gasteiger partial charge in [-0.15, -0.1) is 0 Å². The van der Waals surface area contributed by atoms with Crippen LogP contribution in [0.25, 0.3) is 17.0 Å². The maximum absolute atomic E-state index is 13.3. The van der Waals surface area contributed by atoms with E-state index in [1.54, 1.807) is 24.3 Å². The van der Waals surface area contributed by atoms with Crippen molar-refractivity contribution in [3.63, 3.8) is 0 Å². The Morgan fingerprint density at radius 2 is 1.79 bits per heavy atom. The molecule has 0 unspecified atom stereocenters. The number of benzene rings is 3. The summed E-state index contributed by atoms with van der Waals surface area (Å²) < 4.78 is 15.4. The van der Waals surface area contributed by atoms with Gasteiger partial charge in [-0.05, 0) is 65.9 Å². The van der Waals surface area contributed by atoms with Gasteiger partial charge in [0, 0.05) is 29.2 Å². The van der Waals surface area contributed by atoms with Crippen molar-refractivity contribution in [3.05, 3.63) is 106 Å². The summed E-state index contributed by atoms with van der Waals surface area (Å²) in [4.78, 5) is 28.5. The molecule has 3 aromatic carbocycles. The number of amides is 1. The fourth-order valence-electron chi connectivity index (χ4n) is 3.73. The van der Waals surface area contributed by atoms with E-state index in [0.29, 0.717) is 22.3 Å². The molecular formula is C26H18FN3O3S. The molecule has 0 spiro atoms. The van der Waals surface area contributed by atoms with Crippen LogP contribution in [0.2, 0.25) is 0 Å². The molecule has 0 bridgehead atoms. The van der Waals surface area contributed by atoms with Gasteiger partial charge in [-0.1, -0.05) is 30.3 Å². The van der Waals surface area contributed by atoms with Crippen LogP contribution >= 0.6 is 11.8 Å². The van der Waals surface area contributed by atoms with E-state index in [-0.39, 0.29) is 17.3 Å². The van der Waals surface area contributed by atoms with Crippen molar-refractivity contribution in [1.82, 2.24) is 9.88 Å². The van der Waals surface area contributed by atoms with Gasteiger partial charge in [-0.3, -0.25) is 4.79 Å². The van der Waals surface area contributed by atoms with Crippen molar-refractivity contribution in [1.29, 1.82) is 0 Å². The second-order valence-electron chi connectivity index (χ2n) is 7.69. The Morgan fingerprint density at radius 3 is 2.53 bits per heavy atom. The van der Waals surface area contributed by atoms with E-state index in [1.807, 2.05) is 36.5 Å². The molecule has 0 saturated carbocycles. The first-order valence-corrected chi connectivity index (χ1v) is 11.2. The highest BCUT2D eigenvalue weighted by Crippen LogP contribution is 2.31. The summed E-state index contributed by atoms with van der Waals surface area (Å²) in [6, 6.07) is 20.4. The molecule has 6 nitrogen and oxygen atoms in total. The zero-order valence-electron chi connectivity index (χ0n) is 17.7. The number of carboxylic acids is 1. The van der Waals surface area contributed by atoms with E-state index in [1.165, 1.54) is 36.0 Å². The van der Waals surface area contributed by atoms with Crippen molar-refractivity contribution < 1.29 is 19.1 Å². The number of halogens is 1. The van der Waals surface area contributed by atoms with E-state index in [4.69, 9.17) is 5.11 Å². The van der Waals surface area contributed by atoms with Crippen LogP contribution in [0.4, 0.5) is 10.1 Å². The Hall–Kier alpha value is -4.17. The molecule has 5 rings (SSSR count). The standard InChI is InChI=1S/C26H18FN3O3S/c27-19-9-5-16(6-10-19)14-30-15-18(21-3-1-2-4-22(21)30)13-23-24(31)29-26(34-23)28-20-11-7-17(8-12-20)25(32)33/h1-13,15H,14H2,(H,32,33)(H,28,29,31)/b23-13-. The van der Waals surface area contributed by atoms with Crippen LogP contribution in [0.15, 0.2) is 88.9 Å². The van der Waals surface area contributed by atoms with E-state index in [9.17, 15) is 14.0 Å². The molecule has 0 radical (unpaired) electrons. The lowest BCUT2D eigenvalue weighted by Crippen LogP contribution is -2.19. The lowest BCUT2D eigenvalue weighted by atomic mass is 10.1. The monoisotopic (exact) mass is 471 g/mol. The van der Waals surface area contributed by atoms with Gasteiger partial charge in [0.05, 0.1) is 16.2 Å². The van der Waals surface area contributed by atoms with Gasteiger partial charge in [0.25, 0.3) is 5.91 Å². The van der Waals surface area contributed by atoms with Gasteiger partial charge in [-0.2, -0.15) is 0 Å². The van der Waals surface area contributed by atoms with Crippen LogP contribution in [0.1, 0.15) is 21.5 Å². The Balaban J connectivity index is 1.43. The molecule has 34 heavy (non-hydrogen) atoms. The number of thioether (sulfide) groups is 1. The third-order valence-corrected chi connectivity index (χ3v) is 6.28. The maximum atomic E-state index is 13.3. The number of fused-ring (bicyclic) bond motifs is 1. The molecule has 168 valence electrons. The number of hydrogen-bond donors (Lipinski definition) is 2. The van der Waals surface area contributed by atoms with Gasteiger partial charge >= 0.3 is 5.97 Å². The molecule has 0 atom stereocenters. The molecule has 4 aromatic rings. The first-order chi connectivity index (χ1) is 16.5. The number of carbonyl (C=O) groups is 2. The molecule has 1 saturated heterocycles. The zero-order valence-corrected chi connectivity index (χ0v) is 18.6. The highest BCUT2D eigenvalue weighted by molar-refractivity contribution is 8.18. The third-order valence-electron chi connectivity index (χ3n) is 5.37. The van der Waals surface area contributed by atoms with E-state index in [2.05, 4.69) is 14.9 Å². The molecule has 2 heterocycles. The number of aromatic nitrogens is 1. The van der Waals surface area contributed by atoms with Crippen LogP contribution in [-0.4, -0.2) is 26.7 Å². The number of amidine groups is 1. The Bertz CT molecular complexity index is 1470. The predicted molar refractivity (Wildman–Crippen MR) is 132 cm³/mol. The zero-order chi connectivity index (χ0) is 23.7. The van der Waals surface area contributed by atoms with Crippen molar-refractivity contribution >= 4 is 51.5 Å². The smallest absolute Gasteiger partial charge is 0.335 e. The van der Waals surface area contributed by atoms with Crippen LogP contribution in [0, 0.1) is 5.82 Å². The third kappa shape index (κ3) is 4.49. The maximum Gasteiger partial charge on any atom is 0.335 e. The minimum Gasteiger partial charge on any atom is -0.478 e. The highest BCUT2D eigenvalue weighted by atomic mass is 32.2. The second kappa shape index (κ2) is 8.99. The molecule has 1 aliphatic heterocycles. The van der Waals surface area contributed by atoms with Crippen molar-refractivity contribution in [2.45, 2.75) is 6.54 Å². The molecule has 0 aliphatic carbocycles. The number of para-hydroxylation sites is 1. The number of nitrogens with one attached hydrogen (secondary N) is 1. The van der Waals surface area contributed by atoms with Crippen molar-refractivity contribution in [2.75, 3.05) is 0 Å². The fraction of sp³-hybridized carbons (Fsp3) is 0.0385. The Kier molecular flexibility index (Phi) is 5.73. The average molecular weight is 472 g/mol. The van der Waals surface area contributed by atoms with Gasteiger partial charge in [0.15, 0.2) is 5.17 Å². The number of rotatable bonds is 5. The van der Waals surface area contributed by atoms with Gasteiger partial charge < -0.3 is 15.0 Å². The van der Waals surface area contributed by atoms with Gasteiger partial charge in [0.2, 0.25) is 0 Å². The molecular weight excluding hydrogens is 453 g/mol. The minimum atomic E-state index is -1.01. The molecule has 1 fully saturated rings. The molecule has 1 aliphatic rings. The minimum absolute atomic E-state index is 0.171. The molecule has 1 amide bonds. The van der Waals surface area contributed by atoms with Crippen LogP contribution in [-0.2, 0) is 11.3 Å². The van der Waals surface area contributed by atoms with E-state index >= 15 is 0 Å². The number of hydrogen-bond acceptors (Lipinski definition) is 4. The first kappa shape index (κ1) is 21.7. The van der Waals surface area contributed by atoms with Crippen molar-refractivity contribution in [3.8, 4) is 0 Å². The van der Waals surface area contributed by atoms with Gasteiger partial charge in [-0.25, -0.2) is 14.2 Å². The fourth-order valence-corrected chi connectivity index (χ4v) is 4.56. The summed E-state index contributed by atoms with van der Waals surface area (Å²) in [5.74, 6) is -1.53. The SMILES string of the molecule is O=C1NC(=Nc2ccc(C(=O)O)cc2)S/C1=C\c1cn(Cc2ccc(F)cc2)c2ccccc12. The van der Waals surface area contributed by atoms with E-state index in [0.717, 1.165) is 22.0 Å². The average Bonchev–Trinajstić information content (AvgIpc) is 3.35. The number of carboxylic acid groups (broad SMARTS) is 1. The first-order valence-electron chi connectivity index (χ1n) is 10.4. The van der Waals surface area contributed by atoms with Crippen LogP contribution in [0.5, 0.6) is 0 Å². The number of nitrogens with zero attached hydrogens (tertiary/aromatic N) is 2. The second-order valence-corrected chi connectivity index (χ2v) is 8.72. The largest absolute Gasteiger partial charge is 0.478 e. The molecule has 2 N–H and O–H groups in total. The lowest BCUT2D eigenvalue weighted by molar-refractivity contribution is -0.115. The topological polar surface area (TPSA) is 83.7 Å². The summed E-state index contributed by atoms with van der Waals surface area (Å²) in [6.07, 6.45) is 3.81. The number of aromatic carboxylic acids is 1. The summed E-state index contributed by atoms with van der Waals surface area (Å²) >= 11 is 1.23. The number of aliphatic imine (C=N–C) groups is 1. The Labute approximate surface area is 198 Å². The van der Waals surface area contributed by atoms with Crippen molar-refractivity contribution in [2.24, 2.45) is 4.99 Å². The number of carbonyl (C=O) groups excluding carboxylic acids is 1. The lowest BCUT2D eigenvalue weighted by Gasteiger charge is -2.05. The predicted octanol–water partition coefficient (Wildman–Crippen LogP) is 5.42. The summed E-state index contributed by atoms with van der Waals surface area (Å²) in [5.41, 5.74) is 3.59. The summed E-state index contributed by atoms with van der Waals surface area (Å²) in [7, 11) is 0. The summed E-state index contributed by atoms with van der Waals surface area (Å²) in [5, 5.41) is 13.2. The van der Waals surface area contributed by atoms with Gasteiger partial charge in [0.1, 0.15) is 5.82 Å². The quantitative estimate of drug-likeness (QED) is 0.381. The molecule has 1 aromatic heterocycles. The molecule has 8 heteroatoms. The van der Waals surface area contributed by atoms with Crippen LogP contribution < -0.4 is 5.32 Å². The van der Waals surface area contributed by atoms with E-state index < -0.39 is 5.97 Å². The van der Waals surface area contributed by atoms with Crippen LogP contribution in [0.3, 0.4) is 0 Å². The Morgan fingerprint density at radius 1 is 1.06 bits per heavy atom. The normalized spacial score (nSPS) is 15.9. The highest BCUT2D eigenvalue weighted by Gasteiger charge is 2.24. The summed E-state index contributed by atoms with van der Waals surface area (Å²) in [6.45, 7) is 0.572.